The fourth-order valence-corrected chi connectivity index (χ4v) is 1.02. The highest BCUT2D eigenvalue weighted by Gasteiger charge is 2.09. The predicted octanol–water partition coefficient (Wildman–Crippen LogP) is 0.964. The van der Waals surface area contributed by atoms with Crippen LogP contribution in [0.15, 0.2) is 36.4 Å². The summed E-state index contributed by atoms with van der Waals surface area (Å²) >= 11 is 0. The van der Waals surface area contributed by atoms with Crippen molar-refractivity contribution in [3.8, 4) is 0 Å². The van der Waals surface area contributed by atoms with Crippen LogP contribution < -0.4 is 5.73 Å². The lowest BCUT2D eigenvalue weighted by atomic mass is 10.1. The number of carboxylic acid groups (broad SMARTS) is 1. The number of hydrogen-bond donors (Lipinski definition) is 1. The van der Waals surface area contributed by atoms with Gasteiger partial charge in [0.2, 0.25) is 0 Å². The maximum atomic E-state index is 10.8. The summed E-state index contributed by atoms with van der Waals surface area (Å²) in [5.74, 6) is -2.23. The van der Waals surface area contributed by atoms with E-state index in [0.29, 0.717) is 5.56 Å². The van der Waals surface area contributed by atoms with Crippen molar-refractivity contribution < 1.29 is 14.7 Å². The molecule has 0 aliphatic heterocycles. The van der Waals surface area contributed by atoms with Gasteiger partial charge in [0.05, 0.1) is 5.57 Å². The zero-order chi connectivity index (χ0) is 10.6. The van der Waals surface area contributed by atoms with Gasteiger partial charge in [0, 0.05) is 6.08 Å². The van der Waals surface area contributed by atoms with E-state index in [1.54, 1.807) is 30.3 Å². The molecule has 0 spiro atoms. The van der Waals surface area contributed by atoms with E-state index in [2.05, 4.69) is 0 Å². The van der Waals surface area contributed by atoms with Gasteiger partial charge in [-0.25, -0.2) is 4.79 Å². The fraction of sp³-hybridized carbons (Fsp3) is 0. The molecule has 1 aromatic carbocycles. The van der Waals surface area contributed by atoms with Crippen LogP contribution in [0.1, 0.15) is 5.56 Å². The van der Waals surface area contributed by atoms with Gasteiger partial charge in [-0.3, -0.25) is 10.5 Å². The van der Waals surface area contributed by atoms with Crippen LogP contribution in [0.4, 0.5) is 0 Å². The summed E-state index contributed by atoms with van der Waals surface area (Å²) < 4.78 is 0. The third kappa shape index (κ3) is 2.45. The maximum Gasteiger partial charge on any atom is 0.329 e. The highest BCUT2D eigenvalue weighted by Crippen LogP contribution is 2.13. The summed E-state index contributed by atoms with van der Waals surface area (Å²) in [4.78, 5) is 21.2. The van der Waals surface area contributed by atoms with E-state index in [-0.39, 0.29) is 5.57 Å². The molecule has 0 saturated carbocycles. The Balaban J connectivity index is 3.14. The molecule has 1 rings (SSSR count). The molecule has 1 radical (unpaired) electrons. The first-order valence-electron chi connectivity index (χ1n) is 3.87. The van der Waals surface area contributed by atoms with E-state index < -0.39 is 11.9 Å². The molecule has 14 heavy (non-hydrogen) atoms. The zero-order valence-corrected chi connectivity index (χ0v) is 7.23. The van der Waals surface area contributed by atoms with Crippen LogP contribution in [0, 0.1) is 0 Å². The molecule has 4 heteroatoms. The van der Waals surface area contributed by atoms with Gasteiger partial charge in [0.25, 0.3) is 5.91 Å². The van der Waals surface area contributed by atoms with Crippen molar-refractivity contribution in [3.63, 3.8) is 0 Å². The number of aliphatic carboxylic acids is 1. The van der Waals surface area contributed by atoms with Crippen molar-refractivity contribution in [2.75, 3.05) is 0 Å². The Labute approximate surface area is 80.7 Å². The lowest BCUT2D eigenvalue weighted by Crippen LogP contribution is -2.04. The Morgan fingerprint density at radius 3 is 2.21 bits per heavy atom. The minimum Gasteiger partial charge on any atom is -0.478 e. The van der Waals surface area contributed by atoms with Crippen LogP contribution in [-0.4, -0.2) is 17.0 Å². The fourth-order valence-electron chi connectivity index (χ4n) is 1.02. The van der Waals surface area contributed by atoms with Gasteiger partial charge in [-0.1, -0.05) is 30.3 Å². The third-order valence-corrected chi connectivity index (χ3v) is 1.60. The van der Waals surface area contributed by atoms with Crippen LogP contribution >= 0.6 is 0 Å². The molecular weight excluding hydrogens is 182 g/mol. The van der Waals surface area contributed by atoms with E-state index in [4.69, 9.17) is 10.8 Å². The van der Waals surface area contributed by atoms with Gasteiger partial charge in [-0.15, -0.1) is 0 Å². The molecule has 71 valence electrons. The molecule has 0 bridgehead atoms. The van der Waals surface area contributed by atoms with Crippen LogP contribution in [0.2, 0.25) is 0 Å². The number of carbonyl (C=O) groups is 2. The minimum atomic E-state index is -1.23. The maximum absolute atomic E-state index is 10.8. The van der Waals surface area contributed by atoms with Gasteiger partial charge in [0.15, 0.2) is 0 Å². The molecule has 0 atom stereocenters. The number of hydrogen-bond acceptors (Lipinski definition) is 2. The van der Waals surface area contributed by atoms with E-state index >= 15 is 0 Å². The first-order valence-corrected chi connectivity index (χ1v) is 3.87. The molecule has 2 N–H and O–H groups in total. The smallest absolute Gasteiger partial charge is 0.329 e. The van der Waals surface area contributed by atoms with E-state index in [0.717, 1.165) is 6.08 Å². The number of carbonyl (C=O) groups excluding carboxylic acids is 1. The van der Waals surface area contributed by atoms with Gasteiger partial charge in [-0.2, -0.15) is 0 Å². The molecule has 0 unspecified atom stereocenters. The molecule has 0 fully saturated rings. The van der Waals surface area contributed by atoms with Crippen molar-refractivity contribution in [2.24, 2.45) is 0 Å². The van der Waals surface area contributed by atoms with Crippen LogP contribution in [0.5, 0.6) is 0 Å². The topological polar surface area (TPSA) is 78.2 Å². The van der Waals surface area contributed by atoms with Crippen LogP contribution in [0.3, 0.4) is 0 Å². The normalized spacial score (nSPS) is 11.0. The Morgan fingerprint density at radius 1 is 1.21 bits per heavy atom. The summed E-state index contributed by atoms with van der Waals surface area (Å²) in [6.45, 7) is 0. The number of benzene rings is 1. The third-order valence-electron chi connectivity index (χ3n) is 1.60. The summed E-state index contributed by atoms with van der Waals surface area (Å²) in [7, 11) is 0. The zero-order valence-electron chi connectivity index (χ0n) is 7.23. The van der Waals surface area contributed by atoms with Crippen molar-refractivity contribution in [1.82, 2.24) is 5.73 Å². The second kappa shape index (κ2) is 4.23. The Hall–Kier alpha value is -2.10. The summed E-state index contributed by atoms with van der Waals surface area (Å²) in [5, 5.41) is 8.48. The van der Waals surface area contributed by atoms with E-state index in [1.165, 1.54) is 0 Å². The number of amides is 1. The van der Waals surface area contributed by atoms with Crippen molar-refractivity contribution in [1.29, 1.82) is 0 Å². The first kappa shape index (κ1) is 9.98. The predicted molar refractivity (Wildman–Crippen MR) is 50.2 cm³/mol. The van der Waals surface area contributed by atoms with Crippen molar-refractivity contribution in [3.05, 3.63) is 42.0 Å². The summed E-state index contributed by atoms with van der Waals surface area (Å²) in [6.07, 6.45) is 0.741. The van der Waals surface area contributed by atoms with Gasteiger partial charge < -0.3 is 5.11 Å². The van der Waals surface area contributed by atoms with E-state index in [9.17, 15) is 9.59 Å². The molecule has 0 saturated heterocycles. The van der Waals surface area contributed by atoms with Crippen molar-refractivity contribution in [2.45, 2.75) is 0 Å². The average molecular weight is 190 g/mol. The molecule has 0 heterocycles. The molecule has 0 aliphatic carbocycles. The number of carboxylic acids is 1. The van der Waals surface area contributed by atoms with Crippen LogP contribution in [-0.2, 0) is 9.59 Å². The number of nitrogens with one attached hydrogen (secondary N) is 1. The Bertz CT molecular complexity index is 382. The molecule has 4 nitrogen and oxygen atoms in total. The SMILES string of the molecule is [NH]C(=O)/C(=C\C(=O)O)c1ccccc1. The monoisotopic (exact) mass is 190 g/mol. The van der Waals surface area contributed by atoms with E-state index in [1.807, 2.05) is 0 Å². The average Bonchev–Trinajstić information content (AvgIpc) is 2.15. The molecule has 1 amide bonds. The highest BCUT2D eigenvalue weighted by atomic mass is 16.4. The lowest BCUT2D eigenvalue weighted by molar-refractivity contribution is -0.131. The Kier molecular flexibility index (Phi) is 3.01. The van der Waals surface area contributed by atoms with Gasteiger partial charge >= 0.3 is 5.97 Å². The molecule has 1 aromatic rings. The molecule has 0 aromatic heterocycles. The van der Waals surface area contributed by atoms with Crippen LogP contribution in [0.25, 0.3) is 5.57 Å². The van der Waals surface area contributed by atoms with Gasteiger partial charge in [-0.05, 0) is 5.56 Å². The minimum absolute atomic E-state index is 0.113. The molecular formula is C10H8NO3. The second-order valence-corrected chi connectivity index (χ2v) is 2.59. The summed E-state index contributed by atoms with van der Waals surface area (Å²) in [6, 6.07) is 8.26. The molecule has 0 aliphatic rings. The standard InChI is InChI=1S/C10H8NO3/c11-10(14)8(6-9(12)13)7-4-2-1-3-5-7/h1-6,11H,(H,12,13)/b8-6-. The number of rotatable bonds is 3. The first-order chi connectivity index (χ1) is 6.61. The van der Waals surface area contributed by atoms with Gasteiger partial charge in [0.1, 0.15) is 0 Å². The largest absolute Gasteiger partial charge is 0.478 e. The lowest BCUT2D eigenvalue weighted by Gasteiger charge is -2.00. The van der Waals surface area contributed by atoms with Crippen molar-refractivity contribution >= 4 is 17.4 Å². The highest BCUT2D eigenvalue weighted by molar-refractivity contribution is 6.21. The quantitative estimate of drug-likeness (QED) is 0.721. The summed E-state index contributed by atoms with van der Waals surface area (Å²) in [5.41, 5.74) is 7.22. The Morgan fingerprint density at radius 2 is 1.79 bits per heavy atom. The second-order valence-electron chi connectivity index (χ2n) is 2.59.